The number of carbonyl (C=O) groups is 1. The van der Waals surface area contributed by atoms with E-state index >= 15 is 0 Å². The van der Waals surface area contributed by atoms with Crippen LogP contribution in [0.15, 0.2) is 24.3 Å². The number of ether oxygens (including phenoxy) is 1. The highest BCUT2D eigenvalue weighted by Crippen LogP contribution is 2.19. The van der Waals surface area contributed by atoms with Gasteiger partial charge in [-0.25, -0.2) is 0 Å². The molecule has 0 aromatic heterocycles. The molecular formula is C14H20N2O2. The van der Waals surface area contributed by atoms with Crippen LogP contribution in [-0.4, -0.2) is 25.7 Å². The van der Waals surface area contributed by atoms with Crippen molar-refractivity contribution in [2.45, 2.75) is 31.8 Å². The minimum absolute atomic E-state index is 0.121. The van der Waals surface area contributed by atoms with Crippen LogP contribution in [-0.2, 0) is 9.53 Å². The van der Waals surface area contributed by atoms with Crippen molar-refractivity contribution in [2.75, 3.05) is 24.3 Å². The van der Waals surface area contributed by atoms with Gasteiger partial charge in [-0.1, -0.05) is 0 Å². The maximum Gasteiger partial charge on any atom is 0.226 e. The molecule has 0 saturated carbocycles. The number of carbonyl (C=O) groups excluding carboxylic acids is 1. The molecule has 2 N–H and O–H groups in total. The lowest BCUT2D eigenvalue weighted by Gasteiger charge is -2.18. The molecule has 1 saturated heterocycles. The van der Waals surface area contributed by atoms with Crippen LogP contribution in [0, 0.1) is 0 Å². The van der Waals surface area contributed by atoms with Gasteiger partial charge < -0.3 is 15.4 Å². The van der Waals surface area contributed by atoms with Gasteiger partial charge in [0.25, 0.3) is 0 Å². The Hall–Kier alpha value is -1.55. The largest absolute Gasteiger partial charge is 0.399 e. The highest BCUT2D eigenvalue weighted by molar-refractivity contribution is 5.92. The van der Waals surface area contributed by atoms with E-state index in [2.05, 4.69) is 0 Å². The van der Waals surface area contributed by atoms with E-state index in [0.717, 1.165) is 31.6 Å². The standard InChI is InChI=1S/C14H20N2O2/c1-16(12-6-4-11(15)5-7-12)14(17)9-8-13-3-2-10-18-13/h4-7,13H,2-3,8-10,15H2,1H3. The van der Waals surface area contributed by atoms with Crippen LogP contribution >= 0.6 is 0 Å². The summed E-state index contributed by atoms with van der Waals surface area (Å²) in [5.41, 5.74) is 7.21. The predicted octanol–water partition coefficient (Wildman–Crippen LogP) is 2.19. The molecule has 1 aromatic carbocycles. The molecule has 0 bridgehead atoms. The summed E-state index contributed by atoms with van der Waals surface area (Å²) >= 11 is 0. The van der Waals surface area contributed by atoms with Crippen molar-refractivity contribution in [2.24, 2.45) is 0 Å². The fourth-order valence-corrected chi connectivity index (χ4v) is 2.17. The molecule has 1 aliphatic heterocycles. The molecule has 18 heavy (non-hydrogen) atoms. The second kappa shape index (κ2) is 5.87. The molecule has 1 fully saturated rings. The van der Waals surface area contributed by atoms with Gasteiger partial charge in [0.1, 0.15) is 0 Å². The van der Waals surface area contributed by atoms with Gasteiger partial charge in [-0.3, -0.25) is 4.79 Å². The molecule has 0 spiro atoms. The van der Waals surface area contributed by atoms with Gasteiger partial charge in [0.05, 0.1) is 6.10 Å². The van der Waals surface area contributed by atoms with Crippen molar-refractivity contribution in [3.05, 3.63) is 24.3 Å². The highest BCUT2D eigenvalue weighted by atomic mass is 16.5. The Bertz CT molecular complexity index is 397. The summed E-state index contributed by atoms with van der Waals surface area (Å²) in [5.74, 6) is 0.121. The number of hydrogen-bond donors (Lipinski definition) is 1. The van der Waals surface area contributed by atoms with Crippen molar-refractivity contribution in [1.82, 2.24) is 0 Å². The predicted molar refractivity (Wildman–Crippen MR) is 72.5 cm³/mol. The zero-order valence-corrected chi connectivity index (χ0v) is 10.8. The molecule has 1 amide bonds. The van der Waals surface area contributed by atoms with Crippen LogP contribution in [0.1, 0.15) is 25.7 Å². The molecule has 0 radical (unpaired) electrons. The Balaban J connectivity index is 1.85. The Morgan fingerprint density at radius 2 is 2.17 bits per heavy atom. The van der Waals surface area contributed by atoms with Crippen LogP contribution in [0.25, 0.3) is 0 Å². The second-order valence-corrected chi connectivity index (χ2v) is 4.72. The number of nitrogens with two attached hydrogens (primary N) is 1. The number of anilines is 2. The van der Waals surface area contributed by atoms with Crippen LogP contribution in [0.5, 0.6) is 0 Å². The van der Waals surface area contributed by atoms with E-state index in [1.54, 1.807) is 24.1 Å². The fourth-order valence-electron chi connectivity index (χ4n) is 2.17. The number of nitrogen functional groups attached to an aromatic ring is 1. The average Bonchev–Trinajstić information content (AvgIpc) is 2.89. The second-order valence-electron chi connectivity index (χ2n) is 4.72. The number of nitrogens with zero attached hydrogens (tertiary/aromatic N) is 1. The molecule has 1 unspecified atom stereocenters. The van der Waals surface area contributed by atoms with Gasteiger partial charge in [0.2, 0.25) is 5.91 Å². The number of hydrogen-bond acceptors (Lipinski definition) is 3. The van der Waals surface area contributed by atoms with Gasteiger partial charge in [-0.05, 0) is 43.5 Å². The van der Waals surface area contributed by atoms with Crippen LogP contribution < -0.4 is 10.6 Å². The lowest BCUT2D eigenvalue weighted by molar-refractivity contribution is -0.118. The van der Waals surface area contributed by atoms with E-state index < -0.39 is 0 Å². The summed E-state index contributed by atoms with van der Waals surface area (Å²) in [4.78, 5) is 13.7. The molecule has 1 aliphatic rings. The van der Waals surface area contributed by atoms with E-state index in [1.807, 2.05) is 12.1 Å². The molecule has 2 rings (SSSR count). The lowest BCUT2D eigenvalue weighted by atomic mass is 10.1. The Kier molecular flexibility index (Phi) is 4.20. The van der Waals surface area contributed by atoms with Gasteiger partial charge in [-0.15, -0.1) is 0 Å². The third-order valence-corrected chi connectivity index (χ3v) is 3.36. The first-order valence-electron chi connectivity index (χ1n) is 6.40. The molecule has 1 atom stereocenters. The van der Waals surface area contributed by atoms with E-state index in [0.29, 0.717) is 12.1 Å². The van der Waals surface area contributed by atoms with Crippen LogP contribution in [0.4, 0.5) is 11.4 Å². The lowest BCUT2D eigenvalue weighted by Crippen LogP contribution is -2.27. The van der Waals surface area contributed by atoms with Crippen molar-refractivity contribution < 1.29 is 9.53 Å². The van der Waals surface area contributed by atoms with Gasteiger partial charge in [-0.2, -0.15) is 0 Å². The molecule has 0 aliphatic carbocycles. The Morgan fingerprint density at radius 1 is 1.44 bits per heavy atom. The first-order chi connectivity index (χ1) is 8.66. The minimum atomic E-state index is 0.121. The highest BCUT2D eigenvalue weighted by Gasteiger charge is 2.18. The average molecular weight is 248 g/mol. The van der Waals surface area contributed by atoms with Gasteiger partial charge in [0.15, 0.2) is 0 Å². The molecule has 98 valence electrons. The summed E-state index contributed by atoms with van der Waals surface area (Å²) in [6.07, 6.45) is 3.82. The Labute approximate surface area is 108 Å². The molecule has 1 heterocycles. The summed E-state index contributed by atoms with van der Waals surface area (Å²) in [6.45, 7) is 0.840. The minimum Gasteiger partial charge on any atom is -0.399 e. The molecule has 4 nitrogen and oxygen atoms in total. The fraction of sp³-hybridized carbons (Fsp3) is 0.500. The normalized spacial score (nSPS) is 18.8. The number of benzene rings is 1. The smallest absolute Gasteiger partial charge is 0.226 e. The van der Waals surface area contributed by atoms with E-state index in [-0.39, 0.29) is 12.0 Å². The van der Waals surface area contributed by atoms with Crippen molar-refractivity contribution in [3.8, 4) is 0 Å². The monoisotopic (exact) mass is 248 g/mol. The van der Waals surface area contributed by atoms with Crippen LogP contribution in [0.2, 0.25) is 0 Å². The summed E-state index contributed by atoms with van der Waals surface area (Å²) in [7, 11) is 1.80. The quantitative estimate of drug-likeness (QED) is 0.831. The summed E-state index contributed by atoms with van der Waals surface area (Å²) < 4.78 is 5.52. The van der Waals surface area contributed by atoms with Crippen LogP contribution in [0.3, 0.4) is 0 Å². The van der Waals surface area contributed by atoms with E-state index in [4.69, 9.17) is 10.5 Å². The first-order valence-corrected chi connectivity index (χ1v) is 6.40. The summed E-state index contributed by atoms with van der Waals surface area (Å²) in [5, 5.41) is 0. The Morgan fingerprint density at radius 3 is 2.78 bits per heavy atom. The molecule has 1 aromatic rings. The third-order valence-electron chi connectivity index (χ3n) is 3.36. The van der Waals surface area contributed by atoms with Crippen molar-refractivity contribution in [1.29, 1.82) is 0 Å². The first kappa shape index (κ1) is 12.9. The van der Waals surface area contributed by atoms with Gasteiger partial charge >= 0.3 is 0 Å². The molecular weight excluding hydrogens is 228 g/mol. The maximum absolute atomic E-state index is 12.0. The number of rotatable bonds is 4. The van der Waals surface area contributed by atoms with Crippen molar-refractivity contribution in [3.63, 3.8) is 0 Å². The third kappa shape index (κ3) is 3.23. The zero-order chi connectivity index (χ0) is 13.0. The van der Waals surface area contributed by atoms with Gasteiger partial charge in [0, 0.05) is 31.5 Å². The number of amides is 1. The summed E-state index contributed by atoms with van der Waals surface area (Å²) in [6, 6.07) is 7.33. The zero-order valence-electron chi connectivity index (χ0n) is 10.8. The van der Waals surface area contributed by atoms with Crippen molar-refractivity contribution >= 4 is 17.3 Å². The van der Waals surface area contributed by atoms with E-state index in [9.17, 15) is 4.79 Å². The van der Waals surface area contributed by atoms with E-state index in [1.165, 1.54) is 0 Å². The molecule has 4 heteroatoms. The maximum atomic E-state index is 12.0. The topological polar surface area (TPSA) is 55.6 Å². The SMILES string of the molecule is CN(C(=O)CCC1CCCO1)c1ccc(N)cc1.